The molecule has 0 radical (unpaired) electrons. The van der Waals surface area contributed by atoms with E-state index in [0.717, 1.165) is 18.4 Å². The molecule has 3 rings (SSSR count). The van der Waals surface area contributed by atoms with E-state index < -0.39 is 5.54 Å². The van der Waals surface area contributed by atoms with Gasteiger partial charge in [0.15, 0.2) is 0 Å². The number of carbonyl (C=O) groups is 1. The highest BCUT2D eigenvalue weighted by Gasteiger charge is 2.38. The number of aryl methyl sites for hydroxylation is 1. The Hall–Kier alpha value is -2.17. The molecule has 2 aromatic rings. The molecule has 0 aliphatic heterocycles. The second-order valence-corrected chi connectivity index (χ2v) is 6.40. The van der Waals surface area contributed by atoms with E-state index in [1.54, 1.807) is 0 Å². The third kappa shape index (κ3) is 3.21. The first-order valence-electron chi connectivity index (χ1n) is 7.77. The number of hydrogen-bond donors (Lipinski definition) is 2. The Morgan fingerprint density at radius 1 is 1.29 bits per heavy atom. The number of benzene rings is 2. The zero-order valence-corrected chi connectivity index (χ0v) is 13.9. The van der Waals surface area contributed by atoms with E-state index >= 15 is 0 Å². The van der Waals surface area contributed by atoms with Gasteiger partial charge in [0, 0.05) is 10.6 Å². The first-order chi connectivity index (χ1) is 11.5. The van der Waals surface area contributed by atoms with Gasteiger partial charge in [0.1, 0.15) is 5.82 Å². The SMILES string of the molecule is C=CCC1(NNC(=O)c2ccc(F)cc2)CCc2cc(Cl)ccc21. The molecule has 5 heteroatoms. The molecule has 124 valence electrons. The lowest BCUT2D eigenvalue weighted by Gasteiger charge is -2.31. The van der Waals surface area contributed by atoms with Gasteiger partial charge in [-0.3, -0.25) is 10.2 Å². The van der Waals surface area contributed by atoms with Crippen LogP contribution in [0.2, 0.25) is 5.02 Å². The summed E-state index contributed by atoms with van der Waals surface area (Å²) in [6.45, 7) is 3.83. The van der Waals surface area contributed by atoms with Crippen LogP contribution in [0.1, 0.15) is 34.3 Å². The van der Waals surface area contributed by atoms with Crippen molar-refractivity contribution in [1.82, 2.24) is 10.9 Å². The molecule has 2 N–H and O–H groups in total. The lowest BCUT2D eigenvalue weighted by molar-refractivity contribution is 0.0902. The van der Waals surface area contributed by atoms with Gasteiger partial charge in [-0.05, 0) is 66.8 Å². The number of fused-ring (bicyclic) bond motifs is 1. The summed E-state index contributed by atoms with van der Waals surface area (Å²) < 4.78 is 13.0. The Labute approximate surface area is 145 Å². The van der Waals surface area contributed by atoms with Crippen molar-refractivity contribution in [2.24, 2.45) is 0 Å². The van der Waals surface area contributed by atoms with Gasteiger partial charge in [-0.2, -0.15) is 0 Å². The minimum atomic E-state index is -0.405. The highest BCUT2D eigenvalue weighted by Crippen LogP contribution is 2.40. The molecule has 1 unspecified atom stereocenters. The minimum Gasteiger partial charge on any atom is -0.287 e. The zero-order chi connectivity index (χ0) is 17.2. The third-order valence-corrected chi connectivity index (χ3v) is 4.65. The fourth-order valence-electron chi connectivity index (χ4n) is 3.21. The molecule has 1 aliphatic rings. The van der Waals surface area contributed by atoms with Gasteiger partial charge >= 0.3 is 0 Å². The smallest absolute Gasteiger partial charge is 0.265 e. The van der Waals surface area contributed by atoms with E-state index in [9.17, 15) is 9.18 Å². The van der Waals surface area contributed by atoms with Crippen molar-refractivity contribution < 1.29 is 9.18 Å². The maximum atomic E-state index is 13.0. The number of amides is 1. The molecular weight excluding hydrogens is 327 g/mol. The maximum absolute atomic E-state index is 13.0. The Balaban J connectivity index is 1.80. The fraction of sp³-hybridized carbons (Fsp3) is 0.211. The molecule has 1 atom stereocenters. The van der Waals surface area contributed by atoms with Crippen molar-refractivity contribution in [2.75, 3.05) is 0 Å². The number of hydrogen-bond acceptors (Lipinski definition) is 2. The Kier molecular flexibility index (Phi) is 4.69. The molecule has 0 aromatic heterocycles. The maximum Gasteiger partial charge on any atom is 0.265 e. The van der Waals surface area contributed by atoms with Crippen molar-refractivity contribution in [3.8, 4) is 0 Å². The molecular formula is C19H18ClFN2O. The first kappa shape index (κ1) is 16.7. The van der Waals surface area contributed by atoms with Crippen LogP contribution in [0.5, 0.6) is 0 Å². The van der Waals surface area contributed by atoms with Crippen molar-refractivity contribution in [3.63, 3.8) is 0 Å². The summed E-state index contributed by atoms with van der Waals surface area (Å²) in [5.74, 6) is -0.676. The molecule has 24 heavy (non-hydrogen) atoms. The van der Waals surface area contributed by atoms with Crippen molar-refractivity contribution in [2.45, 2.75) is 24.8 Å². The number of halogens is 2. The van der Waals surface area contributed by atoms with Crippen LogP contribution in [0.15, 0.2) is 55.1 Å². The van der Waals surface area contributed by atoms with Crippen molar-refractivity contribution >= 4 is 17.5 Å². The molecule has 1 amide bonds. The molecule has 0 fully saturated rings. The van der Waals surface area contributed by atoms with Crippen LogP contribution in [-0.4, -0.2) is 5.91 Å². The number of hydrazine groups is 1. The Morgan fingerprint density at radius 2 is 2.04 bits per heavy atom. The molecule has 3 nitrogen and oxygen atoms in total. The summed E-state index contributed by atoms with van der Waals surface area (Å²) in [4.78, 5) is 12.3. The summed E-state index contributed by atoms with van der Waals surface area (Å²) in [5.41, 5.74) is 8.21. The van der Waals surface area contributed by atoms with E-state index in [-0.39, 0.29) is 11.7 Å². The van der Waals surface area contributed by atoms with Crippen LogP contribution < -0.4 is 10.9 Å². The van der Waals surface area contributed by atoms with E-state index in [1.165, 1.54) is 29.8 Å². The van der Waals surface area contributed by atoms with Crippen LogP contribution in [0, 0.1) is 5.82 Å². The average Bonchev–Trinajstić information content (AvgIpc) is 2.92. The van der Waals surface area contributed by atoms with Gasteiger partial charge in [-0.25, -0.2) is 9.82 Å². The number of carbonyl (C=O) groups excluding carboxylic acids is 1. The van der Waals surface area contributed by atoms with Gasteiger partial charge in [0.25, 0.3) is 5.91 Å². The van der Waals surface area contributed by atoms with Crippen LogP contribution in [0.4, 0.5) is 4.39 Å². The summed E-state index contributed by atoms with van der Waals surface area (Å²) >= 11 is 6.07. The van der Waals surface area contributed by atoms with Gasteiger partial charge in [0.05, 0.1) is 5.54 Å². The van der Waals surface area contributed by atoms with Crippen molar-refractivity contribution in [3.05, 3.63) is 82.6 Å². The van der Waals surface area contributed by atoms with Crippen LogP contribution >= 0.6 is 11.6 Å². The highest BCUT2D eigenvalue weighted by molar-refractivity contribution is 6.30. The fourth-order valence-corrected chi connectivity index (χ4v) is 3.40. The van der Waals surface area contributed by atoms with Crippen molar-refractivity contribution in [1.29, 1.82) is 0 Å². The largest absolute Gasteiger partial charge is 0.287 e. The molecule has 0 spiro atoms. The molecule has 0 bridgehead atoms. The molecule has 0 saturated heterocycles. The second kappa shape index (κ2) is 6.75. The second-order valence-electron chi connectivity index (χ2n) is 5.96. The quantitative estimate of drug-likeness (QED) is 0.632. The summed E-state index contributed by atoms with van der Waals surface area (Å²) in [6.07, 6.45) is 4.22. The number of nitrogens with one attached hydrogen (secondary N) is 2. The summed E-state index contributed by atoms with van der Waals surface area (Å²) in [5, 5.41) is 0.707. The minimum absolute atomic E-state index is 0.305. The average molecular weight is 345 g/mol. The Bertz CT molecular complexity index is 775. The van der Waals surface area contributed by atoms with E-state index in [4.69, 9.17) is 11.6 Å². The first-order valence-corrected chi connectivity index (χ1v) is 8.15. The third-order valence-electron chi connectivity index (χ3n) is 4.42. The van der Waals surface area contributed by atoms with Gasteiger partial charge in [-0.1, -0.05) is 23.7 Å². The topological polar surface area (TPSA) is 41.1 Å². The normalized spacial score (nSPS) is 18.9. The van der Waals surface area contributed by atoms with E-state index in [0.29, 0.717) is 17.0 Å². The van der Waals surface area contributed by atoms with Crippen LogP contribution in [-0.2, 0) is 12.0 Å². The molecule has 0 saturated carbocycles. The molecule has 0 heterocycles. The predicted molar refractivity (Wildman–Crippen MR) is 93.3 cm³/mol. The van der Waals surface area contributed by atoms with Gasteiger partial charge in [-0.15, -0.1) is 6.58 Å². The Morgan fingerprint density at radius 3 is 2.75 bits per heavy atom. The van der Waals surface area contributed by atoms with E-state index in [2.05, 4.69) is 17.4 Å². The summed E-state index contributed by atoms with van der Waals surface area (Å²) in [6, 6.07) is 11.2. The lowest BCUT2D eigenvalue weighted by Crippen LogP contribution is -2.50. The predicted octanol–water partition coefficient (Wildman–Crippen LogP) is 4.13. The van der Waals surface area contributed by atoms with Gasteiger partial charge < -0.3 is 0 Å². The summed E-state index contributed by atoms with van der Waals surface area (Å²) in [7, 11) is 0. The van der Waals surface area contributed by atoms with Crippen LogP contribution in [0.25, 0.3) is 0 Å². The number of rotatable bonds is 5. The zero-order valence-electron chi connectivity index (χ0n) is 13.1. The standard InChI is InChI=1S/C19H18ClFN2O/c1-2-10-19(11-9-14-12-15(20)5-8-17(14)19)23-22-18(24)13-3-6-16(21)7-4-13/h2-8,12,23H,1,9-11H2,(H,22,24). The molecule has 2 aromatic carbocycles. The highest BCUT2D eigenvalue weighted by atomic mass is 35.5. The van der Waals surface area contributed by atoms with E-state index in [1.807, 2.05) is 24.3 Å². The van der Waals surface area contributed by atoms with Gasteiger partial charge in [0.2, 0.25) is 0 Å². The monoisotopic (exact) mass is 344 g/mol. The molecule has 1 aliphatic carbocycles. The lowest BCUT2D eigenvalue weighted by atomic mass is 9.89. The van der Waals surface area contributed by atoms with Crippen LogP contribution in [0.3, 0.4) is 0 Å².